The van der Waals surface area contributed by atoms with E-state index >= 15 is 0 Å². The minimum absolute atomic E-state index is 0. The Labute approximate surface area is 230 Å². The second kappa shape index (κ2) is 15.5. The van der Waals surface area contributed by atoms with Crippen molar-refractivity contribution in [3.8, 4) is 0 Å². The summed E-state index contributed by atoms with van der Waals surface area (Å²) in [6.45, 7) is 20.5. The molecule has 0 unspecified atom stereocenters. The first-order valence-corrected chi connectivity index (χ1v) is 15.2. The van der Waals surface area contributed by atoms with E-state index in [0.717, 1.165) is 0 Å². The van der Waals surface area contributed by atoms with Crippen LogP contribution >= 0.6 is 0 Å². The zero-order valence-corrected chi connectivity index (χ0v) is 26.2. The molecule has 0 fully saturated rings. The average Bonchev–Trinajstić information content (AvgIpc) is 2.92. The molecule has 3 aromatic carbocycles. The zero-order chi connectivity index (χ0) is 25.2. The predicted octanol–water partition coefficient (Wildman–Crippen LogP) is 6.70. The normalized spacial score (nSPS) is 10.5. The Morgan fingerprint density at radius 1 is 0.588 bits per heavy atom. The minimum Gasteiger partial charge on any atom is -0.339 e. The van der Waals surface area contributed by atoms with Crippen molar-refractivity contribution >= 4 is 13.3 Å². The van der Waals surface area contributed by atoms with E-state index in [1.54, 1.807) is 16.3 Å². The molecule has 0 saturated carbocycles. The van der Waals surface area contributed by atoms with Crippen molar-refractivity contribution in [2.24, 2.45) is 0 Å². The van der Waals surface area contributed by atoms with Crippen molar-refractivity contribution in [3.05, 3.63) is 107 Å². The molecule has 0 amide bonds. The number of rotatable bonds is 5. The first kappa shape index (κ1) is 32.5. The summed E-state index contributed by atoms with van der Waals surface area (Å²) < 4.78 is 0. The Hall–Kier alpha value is -1.46. The Balaban J connectivity index is 0.000000479. The number of hydrogen-bond donors (Lipinski definition) is 0. The maximum Gasteiger partial charge on any atom is 3.00 e. The molecular formula is C30H45N2ScSi. The van der Waals surface area contributed by atoms with E-state index in [1.165, 1.54) is 22.3 Å². The maximum absolute atomic E-state index is 2.43. The van der Waals surface area contributed by atoms with E-state index in [1.807, 2.05) is 74.4 Å². The predicted molar refractivity (Wildman–Crippen MR) is 151 cm³/mol. The van der Waals surface area contributed by atoms with Gasteiger partial charge in [-0.05, 0) is 28.2 Å². The van der Waals surface area contributed by atoms with E-state index in [2.05, 4.69) is 84.7 Å². The molecule has 182 valence electrons. The van der Waals surface area contributed by atoms with Crippen LogP contribution in [0.4, 0.5) is 0 Å². The van der Waals surface area contributed by atoms with Gasteiger partial charge in [-0.15, -0.1) is 37.4 Å². The van der Waals surface area contributed by atoms with Crippen LogP contribution in [-0.4, -0.2) is 46.1 Å². The third kappa shape index (κ3) is 11.3. The molecule has 0 aliphatic carbocycles. The smallest absolute Gasteiger partial charge is 0.339 e. The van der Waals surface area contributed by atoms with Crippen molar-refractivity contribution in [1.82, 2.24) is 9.80 Å². The van der Waals surface area contributed by atoms with E-state index < -0.39 is 8.07 Å². The number of nitrogens with zero attached hydrogens (tertiary/aromatic N) is 2. The van der Waals surface area contributed by atoms with E-state index in [4.69, 9.17) is 0 Å². The molecule has 0 aliphatic heterocycles. The first-order valence-electron chi connectivity index (χ1n) is 11.7. The fourth-order valence-electron chi connectivity index (χ4n) is 4.02. The summed E-state index contributed by atoms with van der Waals surface area (Å²) in [5.74, 6) is 0. The molecule has 3 aromatic rings. The van der Waals surface area contributed by atoms with Crippen LogP contribution in [-0.2, 0) is 25.8 Å². The summed E-state index contributed by atoms with van der Waals surface area (Å²) >= 11 is 0. The summed E-state index contributed by atoms with van der Waals surface area (Å²) in [6.07, 6.45) is 0. The van der Waals surface area contributed by atoms with Gasteiger partial charge in [0.25, 0.3) is 0 Å². The molecule has 0 bridgehead atoms. The Bertz CT molecular complexity index is 868. The first-order chi connectivity index (χ1) is 15.3. The summed E-state index contributed by atoms with van der Waals surface area (Å²) in [4.78, 5) is 4.07. The van der Waals surface area contributed by atoms with Crippen LogP contribution in [0.15, 0.2) is 60.7 Å². The van der Waals surface area contributed by atoms with E-state index in [-0.39, 0.29) is 25.8 Å². The van der Waals surface area contributed by atoms with Gasteiger partial charge in [-0.25, -0.2) is 0 Å². The molecule has 0 atom stereocenters. The second-order valence-corrected chi connectivity index (χ2v) is 15.1. The number of hydrogen-bond acceptors (Lipinski definition) is 2. The molecule has 0 aromatic heterocycles. The standard InChI is InChI=1S/C12H21Si.2C9H12N.Sc/c1-8-9(2)11(4)12(10(8)3)13(5,6)7;2*1-10(2)8-9-6-4-3-5-7-9;/h1-7H3;2*3-8H,1-2H3;/q3*-1;+3. The van der Waals surface area contributed by atoms with Gasteiger partial charge in [-0.3, -0.25) is 0 Å². The van der Waals surface area contributed by atoms with Crippen LogP contribution < -0.4 is 5.19 Å². The molecule has 34 heavy (non-hydrogen) atoms. The average molecular weight is 507 g/mol. The molecule has 0 heterocycles. The van der Waals surface area contributed by atoms with E-state index in [9.17, 15) is 0 Å². The van der Waals surface area contributed by atoms with Gasteiger partial charge >= 0.3 is 25.8 Å². The third-order valence-electron chi connectivity index (χ3n) is 5.60. The quantitative estimate of drug-likeness (QED) is 0.281. The van der Waals surface area contributed by atoms with Crippen LogP contribution in [0, 0.1) is 40.8 Å². The van der Waals surface area contributed by atoms with Gasteiger partial charge in [0.05, 0.1) is 0 Å². The van der Waals surface area contributed by atoms with Crippen LogP contribution in [0.2, 0.25) is 19.6 Å². The molecule has 2 nitrogen and oxygen atoms in total. The zero-order valence-electron chi connectivity index (χ0n) is 23.4. The Kier molecular flexibility index (Phi) is 14.8. The molecule has 3 rings (SSSR count). The minimum atomic E-state index is -1.13. The third-order valence-corrected chi connectivity index (χ3v) is 7.85. The Morgan fingerprint density at radius 2 is 0.882 bits per heavy atom. The van der Waals surface area contributed by atoms with Gasteiger partial charge in [0.1, 0.15) is 0 Å². The fourth-order valence-corrected chi connectivity index (χ4v) is 6.64. The van der Waals surface area contributed by atoms with Crippen LogP contribution in [0.25, 0.3) is 0 Å². The monoisotopic (exact) mass is 506 g/mol. The van der Waals surface area contributed by atoms with Crippen molar-refractivity contribution in [2.45, 2.75) is 47.3 Å². The van der Waals surface area contributed by atoms with Gasteiger partial charge in [0, 0.05) is 8.07 Å². The summed E-state index contributed by atoms with van der Waals surface area (Å²) in [7, 11) is 6.95. The topological polar surface area (TPSA) is 6.48 Å². The second-order valence-electron chi connectivity index (χ2n) is 10.1. The maximum atomic E-state index is 2.43. The van der Waals surface area contributed by atoms with Gasteiger partial charge in [-0.2, -0.15) is 62.8 Å². The molecule has 4 heteroatoms. The summed E-state index contributed by atoms with van der Waals surface area (Å²) in [5.41, 5.74) is 8.60. The summed E-state index contributed by atoms with van der Waals surface area (Å²) in [6, 6.07) is 20.5. The fraction of sp³-hybridized carbons (Fsp3) is 0.367. The Morgan fingerprint density at radius 3 is 1.09 bits per heavy atom. The molecule has 0 aliphatic rings. The number of benzene rings is 2. The van der Waals surface area contributed by atoms with Crippen molar-refractivity contribution in [3.63, 3.8) is 0 Å². The van der Waals surface area contributed by atoms with Crippen molar-refractivity contribution < 1.29 is 25.8 Å². The van der Waals surface area contributed by atoms with Crippen LogP contribution in [0.1, 0.15) is 33.4 Å². The molecule has 0 spiro atoms. The molecule has 0 N–H and O–H groups in total. The van der Waals surface area contributed by atoms with Crippen LogP contribution in [0.3, 0.4) is 0 Å². The van der Waals surface area contributed by atoms with Crippen LogP contribution in [0.5, 0.6) is 0 Å². The molecule has 0 radical (unpaired) electrons. The van der Waals surface area contributed by atoms with Crippen molar-refractivity contribution in [2.75, 3.05) is 28.2 Å². The molecular weight excluding hydrogens is 461 g/mol. The van der Waals surface area contributed by atoms with Crippen molar-refractivity contribution in [1.29, 1.82) is 0 Å². The van der Waals surface area contributed by atoms with Gasteiger partial charge in [-0.1, -0.05) is 59.5 Å². The van der Waals surface area contributed by atoms with E-state index in [0.29, 0.717) is 0 Å². The van der Waals surface area contributed by atoms with Gasteiger partial charge in [0.15, 0.2) is 0 Å². The SMILES string of the molecule is CN(C)[CH-]c1ccccc1.CN(C)[CH-]c1ccccc1.Cc1c(C)c(C)[c-]([Si](C)(C)C)c1C.[Sc+3]. The molecule has 0 saturated heterocycles. The van der Waals surface area contributed by atoms with Gasteiger partial charge in [0.2, 0.25) is 0 Å². The summed E-state index contributed by atoms with van der Waals surface area (Å²) in [5, 5.41) is 1.68. The van der Waals surface area contributed by atoms with Gasteiger partial charge < -0.3 is 9.80 Å². The largest absolute Gasteiger partial charge is 3.00 e.